The number of carboxylic acid groups (broad SMARTS) is 2. The fourth-order valence-electron chi connectivity index (χ4n) is 1.53. The smallest absolute Gasteiger partial charge is 0.320 e. The van der Waals surface area contributed by atoms with Crippen molar-refractivity contribution in [2.24, 2.45) is 11.7 Å². The van der Waals surface area contributed by atoms with Crippen LogP contribution in [-0.2, 0) is 9.59 Å². The number of nitrogens with zero attached hydrogens (tertiary/aromatic N) is 1. The molecule has 0 spiro atoms. The van der Waals surface area contributed by atoms with Gasteiger partial charge >= 0.3 is 11.9 Å². The molecule has 98 valence electrons. The van der Waals surface area contributed by atoms with Gasteiger partial charge in [0.05, 0.1) is 12.0 Å². The van der Waals surface area contributed by atoms with Gasteiger partial charge in [-0.1, -0.05) is 0 Å². The number of carboxylic acids is 2. The van der Waals surface area contributed by atoms with Crippen LogP contribution in [0.1, 0.15) is 18.1 Å². The fourth-order valence-corrected chi connectivity index (χ4v) is 1.53. The van der Waals surface area contributed by atoms with E-state index in [2.05, 4.69) is 4.98 Å². The minimum absolute atomic E-state index is 0.353. The SMILES string of the molecule is N[C@@H](C[C@H](C(=O)O)C(O)c1ccncc1)C(=O)O. The van der Waals surface area contributed by atoms with Crippen molar-refractivity contribution in [2.75, 3.05) is 0 Å². The molecule has 1 aromatic rings. The Bertz CT molecular complexity index is 423. The van der Waals surface area contributed by atoms with Crippen molar-refractivity contribution in [2.45, 2.75) is 18.6 Å². The van der Waals surface area contributed by atoms with Crippen molar-refractivity contribution in [3.8, 4) is 0 Å². The molecule has 0 radical (unpaired) electrons. The number of aliphatic hydroxyl groups is 1. The van der Waals surface area contributed by atoms with Gasteiger partial charge in [-0.05, 0) is 24.1 Å². The first-order chi connectivity index (χ1) is 8.43. The average molecular weight is 254 g/mol. The molecule has 0 saturated heterocycles. The number of aromatic nitrogens is 1. The summed E-state index contributed by atoms with van der Waals surface area (Å²) in [6.07, 6.45) is 1.15. The number of hydrogen-bond acceptors (Lipinski definition) is 5. The molecule has 0 aromatic carbocycles. The first kappa shape index (κ1) is 14.1. The number of carbonyl (C=O) groups is 2. The molecule has 0 fully saturated rings. The summed E-state index contributed by atoms with van der Waals surface area (Å²) in [6, 6.07) is 1.60. The standard InChI is InChI=1S/C11H14N2O5/c12-8(11(17)18)5-7(10(15)16)9(14)6-1-3-13-4-2-6/h1-4,7-9,14H,5,12H2,(H,15,16)(H,17,18)/t7-,8-,9?/m0/s1. The predicted molar refractivity (Wildman–Crippen MR) is 60.6 cm³/mol. The molecule has 0 saturated carbocycles. The molecule has 0 amide bonds. The maximum Gasteiger partial charge on any atom is 0.320 e. The van der Waals surface area contributed by atoms with Crippen LogP contribution in [0.5, 0.6) is 0 Å². The molecule has 3 atom stereocenters. The maximum absolute atomic E-state index is 11.0. The molecule has 1 aromatic heterocycles. The van der Waals surface area contributed by atoms with Gasteiger partial charge in [0, 0.05) is 12.4 Å². The average Bonchev–Trinajstić information content (AvgIpc) is 2.35. The third-order valence-electron chi connectivity index (χ3n) is 2.57. The van der Waals surface area contributed by atoms with Crippen LogP contribution in [-0.4, -0.2) is 38.3 Å². The lowest BCUT2D eigenvalue weighted by molar-refractivity contribution is -0.147. The number of pyridine rings is 1. The lowest BCUT2D eigenvalue weighted by atomic mass is 9.90. The van der Waals surface area contributed by atoms with Gasteiger partial charge < -0.3 is 21.1 Å². The van der Waals surface area contributed by atoms with E-state index in [4.69, 9.17) is 15.9 Å². The van der Waals surface area contributed by atoms with Gasteiger partial charge in [-0.25, -0.2) is 0 Å². The van der Waals surface area contributed by atoms with Crippen molar-refractivity contribution in [3.63, 3.8) is 0 Å². The highest BCUT2D eigenvalue weighted by Gasteiger charge is 2.31. The van der Waals surface area contributed by atoms with Crippen LogP contribution in [0.3, 0.4) is 0 Å². The van der Waals surface area contributed by atoms with Crippen molar-refractivity contribution >= 4 is 11.9 Å². The molecule has 1 heterocycles. The Labute approximate surface area is 103 Å². The molecule has 7 nitrogen and oxygen atoms in total. The van der Waals surface area contributed by atoms with Crippen molar-refractivity contribution in [1.29, 1.82) is 0 Å². The molecule has 0 aliphatic carbocycles. The summed E-state index contributed by atoms with van der Waals surface area (Å²) >= 11 is 0. The fraction of sp³-hybridized carbons (Fsp3) is 0.364. The van der Waals surface area contributed by atoms with E-state index in [1.54, 1.807) is 0 Å². The van der Waals surface area contributed by atoms with E-state index in [9.17, 15) is 14.7 Å². The Kier molecular flexibility index (Phi) is 4.75. The first-order valence-corrected chi connectivity index (χ1v) is 5.22. The third-order valence-corrected chi connectivity index (χ3v) is 2.57. The van der Waals surface area contributed by atoms with Crippen LogP contribution < -0.4 is 5.73 Å². The third kappa shape index (κ3) is 3.51. The Hall–Kier alpha value is -1.99. The summed E-state index contributed by atoms with van der Waals surface area (Å²) in [5, 5.41) is 27.6. The second-order valence-corrected chi connectivity index (χ2v) is 3.85. The summed E-state index contributed by atoms with van der Waals surface area (Å²) < 4.78 is 0. The van der Waals surface area contributed by atoms with Gasteiger partial charge in [0.25, 0.3) is 0 Å². The van der Waals surface area contributed by atoms with E-state index < -0.39 is 30.0 Å². The van der Waals surface area contributed by atoms with Gasteiger partial charge in [0.2, 0.25) is 0 Å². The molecular weight excluding hydrogens is 240 g/mol. The highest BCUT2D eigenvalue weighted by atomic mass is 16.4. The number of hydrogen-bond donors (Lipinski definition) is 4. The number of aliphatic hydroxyl groups excluding tert-OH is 1. The van der Waals surface area contributed by atoms with E-state index in [1.807, 2.05) is 0 Å². The lowest BCUT2D eigenvalue weighted by Gasteiger charge is -2.20. The summed E-state index contributed by atoms with van der Waals surface area (Å²) in [6.45, 7) is 0. The van der Waals surface area contributed by atoms with Crippen molar-refractivity contribution in [3.05, 3.63) is 30.1 Å². The Balaban J connectivity index is 2.86. The van der Waals surface area contributed by atoms with Gasteiger partial charge in [-0.2, -0.15) is 0 Å². The van der Waals surface area contributed by atoms with Gasteiger partial charge in [0.15, 0.2) is 0 Å². The molecule has 1 rings (SSSR count). The van der Waals surface area contributed by atoms with Crippen LogP contribution in [0.15, 0.2) is 24.5 Å². The van der Waals surface area contributed by atoms with Gasteiger partial charge in [-0.3, -0.25) is 14.6 Å². The molecule has 7 heteroatoms. The zero-order valence-electron chi connectivity index (χ0n) is 9.43. The highest BCUT2D eigenvalue weighted by Crippen LogP contribution is 2.25. The topological polar surface area (TPSA) is 134 Å². The quantitative estimate of drug-likeness (QED) is 0.543. The minimum atomic E-state index is -1.33. The summed E-state index contributed by atoms with van der Waals surface area (Å²) in [5.41, 5.74) is 5.64. The van der Waals surface area contributed by atoms with E-state index in [0.717, 1.165) is 0 Å². The number of rotatable bonds is 6. The molecule has 0 aliphatic rings. The minimum Gasteiger partial charge on any atom is -0.481 e. The summed E-state index contributed by atoms with van der Waals surface area (Å²) in [7, 11) is 0. The van der Waals surface area contributed by atoms with Crippen molar-refractivity contribution < 1.29 is 24.9 Å². The largest absolute Gasteiger partial charge is 0.481 e. The monoisotopic (exact) mass is 254 g/mol. The highest BCUT2D eigenvalue weighted by molar-refractivity contribution is 5.76. The Morgan fingerprint density at radius 1 is 1.22 bits per heavy atom. The van der Waals surface area contributed by atoms with Crippen LogP contribution in [0, 0.1) is 5.92 Å². The van der Waals surface area contributed by atoms with Crippen molar-refractivity contribution in [1.82, 2.24) is 4.98 Å². The van der Waals surface area contributed by atoms with E-state index in [0.29, 0.717) is 5.56 Å². The number of aliphatic carboxylic acids is 2. The second-order valence-electron chi connectivity index (χ2n) is 3.85. The Morgan fingerprint density at radius 2 is 1.78 bits per heavy atom. The van der Waals surface area contributed by atoms with Gasteiger partial charge in [-0.15, -0.1) is 0 Å². The van der Waals surface area contributed by atoms with Crippen LogP contribution >= 0.6 is 0 Å². The lowest BCUT2D eigenvalue weighted by Crippen LogP contribution is -2.36. The molecule has 0 bridgehead atoms. The molecule has 1 unspecified atom stereocenters. The zero-order chi connectivity index (χ0) is 13.7. The normalized spacial score (nSPS) is 15.7. The molecular formula is C11H14N2O5. The van der Waals surface area contributed by atoms with Crippen LogP contribution in [0.2, 0.25) is 0 Å². The maximum atomic E-state index is 11.0. The summed E-state index contributed by atoms with van der Waals surface area (Å²) in [5.74, 6) is -3.88. The predicted octanol–water partition coefficient (Wildman–Crippen LogP) is -0.382. The Morgan fingerprint density at radius 3 is 2.22 bits per heavy atom. The van der Waals surface area contributed by atoms with Crippen LogP contribution in [0.4, 0.5) is 0 Å². The van der Waals surface area contributed by atoms with Crippen LogP contribution in [0.25, 0.3) is 0 Å². The summed E-state index contributed by atoms with van der Waals surface area (Å²) in [4.78, 5) is 25.4. The van der Waals surface area contributed by atoms with E-state index in [-0.39, 0.29) is 6.42 Å². The second kappa shape index (κ2) is 6.08. The first-order valence-electron chi connectivity index (χ1n) is 5.22. The molecule has 5 N–H and O–H groups in total. The molecule has 0 aliphatic heterocycles. The van der Waals surface area contributed by atoms with Gasteiger partial charge in [0.1, 0.15) is 6.04 Å². The van der Waals surface area contributed by atoms with E-state index in [1.165, 1.54) is 24.5 Å². The zero-order valence-corrected chi connectivity index (χ0v) is 9.43. The van der Waals surface area contributed by atoms with E-state index >= 15 is 0 Å². The number of nitrogens with two attached hydrogens (primary N) is 1. The molecule has 18 heavy (non-hydrogen) atoms.